The number of thiophene rings is 1. The highest BCUT2D eigenvalue weighted by Crippen LogP contribution is 2.34. The zero-order valence-electron chi connectivity index (χ0n) is 11.4. The summed E-state index contributed by atoms with van der Waals surface area (Å²) in [5.41, 5.74) is 0. The Hall–Kier alpha value is -0.710. The van der Waals surface area contributed by atoms with Gasteiger partial charge in [-0.2, -0.15) is 0 Å². The molecule has 0 spiro atoms. The zero-order valence-corrected chi connectivity index (χ0v) is 13.0. The molecule has 0 aromatic carbocycles. The van der Waals surface area contributed by atoms with E-state index in [-0.39, 0.29) is 0 Å². The summed E-state index contributed by atoms with van der Waals surface area (Å²) in [7, 11) is 0. The molecule has 2 aliphatic carbocycles. The molecule has 0 bridgehead atoms. The van der Waals surface area contributed by atoms with Crippen molar-refractivity contribution in [1.82, 2.24) is 14.9 Å². The van der Waals surface area contributed by atoms with Gasteiger partial charge in [-0.3, -0.25) is 4.90 Å². The number of halogens is 1. The molecule has 0 saturated heterocycles. The van der Waals surface area contributed by atoms with Gasteiger partial charge in [0, 0.05) is 18.5 Å². The average Bonchev–Trinajstić information content (AvgIpc) is 3.32. The molecule has 0 atom stereocenters. The van der Waals surface area contributed by atoms with E-state index >= 15 is 0 Å². The van der Waals surface area contributed by atoms with E-state index in [1.54, 1.807) is 11.3 Å². The lowest BCUT2D eigenvalue weighted by atomic mass is 10.3. The van der Waals surface area contributed by atoms with Crippen molar-refractivity contribution in [3.8, 4) is 0 Å². The molecule has 3 nitrogen and oxygen atoms in total. The van der Waals surface area contributed by atoms with Crippen molar-refractivity contribution in [1.29, 1.82) is 0 Å². The van der Waals surface area contributed by atoms with Crippen LogP contribution in [0.25, 0.3) is 10.2 Å². The molecule has 0 amide bonds. The Morgan fingerprint density at radius 1 is 1.15 bits per heavy atom. The third-order valence-electron chi connectivity index (χ3n) is 4.12. The largest absolute Gasteiger partial charge is 0.295 e. The molecule has 2 heterocycles. The van der Waals surface area contributed by atoms with Crippen molar-refractivity contribution in [2.24, 2.45) is 11.8 Å². The van der Waals surface area contributed by atoms with E-state index in [1.807, 2.05) is 11.4 Å². The molecule has 106 valence electrons. The van der Waals surface area contributed by atoms with Crippen molar-refractivity contribution < 1.29 is 0 Å². The molecule has 4 rings (SSSR count). The number of rotatable bonds is 6. The first kappa shape index (κ1) is 13.0. The van der Waals surface area contributed by atoms with E-state index in [0.717, 1.165) is 34.4 Å². The van der Waals surface area contributed by atoms with Crippen molar-refractivity contribution in [3.05, 3.63) is 22.4 Å². The first-order valence-corrected chi connectivity index (χ1v) is 8.65. The number of hydrogen-bond donors (Lipinski definition) is 0. The Balaban J connectivity index is 1.53. The van der Waals surface area contributed by atoms with Crippen LogP contribution in [-0.2, 0) is 6.54 Å². The molecule has 0 unspecified atom stereocenters. The van der Waals surface area contributed by atoms with Gasteiger partial charge in [-0.1, -0.05) is 11.6 Å². The summed E-state index contributed by atoms with van der Waals surface area (Å²) >= 11 is 7.90. The maximum atomic E-state index is 6.26. The van der Waals surface area contributed by atoms with Gasteiger partial charge in [0.2, 0.25) is 0 Å². The maximum absolute atomic E-state index is 6.26. The molecular weight excluding hydrogens is 290 g/mol. The van der Waals surface area contributed by atoms with Gasteiger partial charge in [-0.05, 0) is 49.0 Å². The van der Waals surface area contributed by atoms with E-state index < -0.39 is 0 Å². The summed E-state index contributed by atoms with van der Waals surface area (Å²) in [5.74, 6) is 2.70. The van der Waals surface area contributed by atoms with Crippen LogP contribution < -0.4 is 0 Å². The second-order valence-corrected chi connectivity index (χ2v) is 7.40. The predicted molar refractivity (Wildman–Crippen MR) is 83.2 cm³/mol. The van der Waals surface area contributed by atoms with E-state index in [1.165, 1.54) is 38.8 Å². The normalized spacial score (nSPS) is 19.1. The Kier molecular flexibility index (Phi) is 3.41. The maximum Gasteiger partial charge on any atom is 0.145 e. The monoisotopic (exact) mass is 307 g/mol. The summed E-state index contributed by atoms with van der Waals surface area (Å²) in [5, 5.41) is 3.61. The summed E-state index contributed by atoms with van der Waals surface area (Å²) in [6, 6.07) is 2.00. The minimum atomic E-state index is 0.601. The van der Waals surface area contributed by atoms with Crippen LogP contribution >= 0.6 is 22.9 Å². The highest BCUT2D eigenvalue weighted by atomic mass is 35.5. The smallest absolute Gasteiger partial charge is 0.145 e. The summed E-state index contributed by atoms with van der Waals surface area (Å²) < 4.78 is 0. The second-order valence-electron chi connectivity index (χ2n) is 6.15. The summed E-state index contributed by atoms with van der Waals surface area (Å²) in [6.45, 7) is 3.26. The Labute approximate surface area is 128 Å². The Bertz CT molecular complexity index is 605. The lowest BCUT2D eigenvalue weighted by Gasteiger charge is -2.21. The van der Waals surface area contributed by atoms with Gasteiger partial charge in [0.15, 0.2) is 0 Å². The minimum Gasteiger partial charge on any atom is -0.295 e. The van der Waals surface area contributed by atoms with Crippen LogP contribution in [0.3, 0.4) is 0 Å². The van der Waals surface area contributed by atoms with Crippen molar-refractivity contribution in [3.63, 3.8) is 0 Å². The summed E-state index contributed by atoms with van der Waals surface area (Å²) in [6.07, 6.45) is 5.58. The van der Waals surface area contributed by atoms with E-state index in [0.29, 0.717) is 5.15 Å². The highest BCUT2D eigenvalue weighted by molar-refractivity contribution is 7.16. The molecule has 20 heavy (non-hydrogen) atoms. The third kappa shape index (κ3) is 2.97. The van der Waals surface area contributed by atoms with Crippen LogP contribution in [0, 0.1) is 11.8 Å². The van der Waals surface area contributed by atoms with E-state index in [9.17, 15) is 0 Å². The standard InChI is InChI=1S/C15H18ClN3S/c16-14-12-5-6-20-15(12)18-13(17-14)9-19(7-10-1-2-10)8-11-3-4-11/h5-6,10-11H,1-4,7-9H2. The number of fused-ring (bicyclic) bond motifs is 1. The van der Waals surface area contributed by atoms with Crippen LogP contribution in [0.1, 0.15) is 31.5 Å². The van der Waals surface area contributed by atoms with Gasteiger partial charge >= 0.3 is 0 Å². The fourth-order valence-corrected chi connectivity index (χ4v) is 3.75. The summed E-state index contributed by atoms with van der Waals surface area (Å²) in [4.78, 5) is 12.7. The van der Waals surface area contributed by atoms with Crippen LogP contribution in [-0.4, -0.2) is 28.0 Å². The number of nitrogens with zero attached hydrogens (tertiary/aromatic N) is 3. The molecule has 0 radical (unpaired) electrons. The quantitative estimate of drug-likeness (QED) is 0.756. The van der Waals surface area contributed by atoms with Gasteiger partial charge in [0.25, 0.3) is 0 Å². The van der Waals surface area contributed by atoms with Crippen molar-refractivity contribution in [2.75, 3.05) is 13.1 Å². The molecule has 0 aliphatic heterocycles. The lowest BCUT2D eigenvalue weighted by Crippen LogP contribution is -2.28. The lowest BCUT2D eigenvalue weighted by molar-refractivity contribution is 0.239. The predicted octanol–water partition coefficient (Wildman–Crippen LogP) is 3.97. The first-order valence-electron chi connectivity index (χ1n) is 7.40. The third-order valence-corrected chi connectivity index (χ3v) is 5.21. The van der Waals surface area contributed by atoms with Gasteiger partial charge in [0.05, 0.1) is 6.54 Å². The molecule has 2 saturated carbocycles. The second kappa shape index (κ2) is 5.24. The Morgan fingerprint density at radius 3 is 2.50 bits per heavy atom. The molecule has 0 N–H and O–H groups in total. The van der Waals surface area contributed by atoms with Gasteiger partial charge < -0.3 is 0 Å². The topological polar surface area (TPSA) is 29.0 Å². The van der Waals surface area contributed by atoms with Crippen LogP contribution in [0.4, 0.5) is 0 Å². The number of aromatic nitrogens is 2. The Morgan fingerprint density at radius 2 is 1.85 bits per heavy atom. The van der Waals surface area contributed by atoms with Crippen LogP contribution in [0.15, 0.2) is 11.4 Å². The van der Waals surface area contributed by atoms with Crippen LogP contribution in [0.5, 0.6) is 0 Å². The fraction of sp³-hybridized carbons (Fsp3) is 0.600. The van der Waals surface area contributed by atoms with Gasteiger partial charge in [-0.15, -0.1) is 11.3 Å². The molecule has 5 heteroatoms. The fourth-order valence-electron chi connectivity index (χ4n) is 2.67. The van der Waals surface area contributed by atoms with Gasteiger partial charge in [-0.25, -0.2) is 9.97 Å². The molecule has 2 aromatic rings. The zero-order chi connectivity index (χ0) is 13.5. The van der Waals surface area contributed by atoms with E-state index in [4.69, 9.17) is 11.6 Å². The van der Waals surface area contributed by atoms with Crippen molar-refractivity contribution in [2.45, 2.75) is 32.2 Å². The SMILES string of the molecule is Clc1nc(CN(CC2CC2)CC2CC2)nc2sccc12. The molecule has 2 aromatic heterocycles. The minimum absolute atomic E-state index is 0.601. The van der Waals surface area contributed by atoms with Crippen LogP contribution in [0.2, 0.25) is 5.15 Å². The highest BCUT2D eigenvalue weighted by Gasteiger charge is 2.29. The molecule has 2 aliphatic rings. The van der Waals surface area contributed by atoms with E-state index in [2.05, 4.69) is 14.9 Å². The average molecular weight is 308 g/mol. The first-order chi connectivity index (χ1) is 9.78. The van der Waals surface area contributed by atoms with Crippen molar-refractivity contribution >= 4 is 33.2 Å². The van der Waals surface area contributed by atoms with Gasteiger partial charge in [0.1, 0.15) is 15.8 Å². The molecular formula is C15H18ClN3S. The molecule has 2 fully saturated rings. The number of hydrogen-bond acceptors (Lipinski definition) is 4.